The maximum Gasteiger partial charge on any atom is 0.148 e. The number of hydrogen-bond donors (Lipinski definition) is 0. The molecule has 0 saturated heterocycles. The lowest BCUT2D eigenvalue weighted by Crippen LogP contribution is -2.16. The van der Waals surface area contributed by atoms with Crippen LogP contribution in [0.5, 0.6) is 11.5 Å². The SMILES string of the molecule is CCCCOc1ccc(N2c3ccc(OCCCC)cc3-c3cccc4c(-c5ccc6c(c5)C(C)(C)c5cc(C(C#N)=C(C#N)C#N)ccc5-6)ccc2c34)cc1. The molecule has 1 aliphatic heterocycles. The van der Waals surface area contributed by atoms with E-state index < -0.39 is 0 Å². The van der Waals surface area contributed by atoms with Crippen molar-refractivity contribution in [3.63, 3.8) is 0 Å². The normalized spacial score (nSPS) is 12.8. The quantitative estimate of drug-likeness (QED) is 0.0971. The van der Waals surface area contributed by atoms with Gasteiger partial charge in [-0.3, -0.25) is 0 Å². The highest BCUT2D eigenvalue weighted by Crippen LogP contribution is 2.55. The van der Waals surface area contributed by atoms with Crippen LogP contribution >= 0.6 is 0 Å². The number of unbranched alkanes of at least 4 members (excludes halogenated alkanes) is 2. The van der Waals surface area contributed by atoms with Gasteiger partial charge in [-0.15, -0.1) is 0 Å². The maximum absolute atomic E-state index is 9.89. The van der Waals surface area contributed by atoms with E-state index in [1.807, 2.05) is 30.3 Å². The molecular weight excluding hydrogens is 689 g/mol. The van der Waals surface area contributed by atoms with Crippen LogP contribution < -0.4 is 14.4 Å². The number of hydrogen-bond acceptors (Lipinski definition) is 6. The molecule has 0 spiro atoms. The van der Waals surface area contributed by atoms with Crippen molar-refractivity contribution in [2.75, 3.05) is 18.1 Å². The van der Waals surface area contributed by atoms with E-state index in [0.29, 0.717) is 18.8 Å². The Labute approximate surface area is 329 Å². The van der Waals surface area contributed by atoms with Crippen molar-refractivity contribution >= 4 is 33.4 Å². The Morgan fingerprint density at radius 1 is 0.607 bits per heavy atom. The van der Waals surface area contributed by atoms with Gasteiger partial charge in [-0.05, 0) is 123 Å². The molecule has 6 nitrogen and oxygen atoms in total. The first-order valence-electron chi connectivity index (χ1n) is 19.4. The van der Waals surface area contributed by atoms with Crippen LogP contribution in [0.2, 0.25) is 0 Å². The van der Waals surface area contributed by atoms with E-state index in [0.717, 1.165) is 93.0 Å². The predicted octanol–water partition coefficient (Wildman–Crippen LogP) is 12.9. The first kappa shape index (κ1) is 36.2. The van der Waals surface area contributed by atoms with Gasteiger partial charge in [0.15, 0.2) is 0 Å². The molecule has 1 heterocycles. The number of fused-ring (bicyclic) bond motifs is 5. The summed E-state index contributed by atoms with van der Waals surface area (Å²) in [7, 11) is 0. The zero-order valence-corrected chi connectivity index (χ0v) is 32.2. The molecule has 8 rings (SSSR count). The van der Waals surface area contributed by atoms with E-state index >= 15 is 0 Å². The lowest BCUT2D eigenvalue weighted by atomic mass is 9.80. The van der Waals surface area contributed by atoms with Crippen molar-refractivity contribution in [3.05, 3.63) is 131 Å². The van der Waals surface area contributed by atoms with Crippen LogP contribution in [0.1, 0.15) is 70.1 Å². The van der Waals surface area contributed by atoms with E-state index in [2.05, 4.69) is 130 Å². The molecule has 2 aliphatic rings. The molecule has 0 saturated carbocycles. The molecule has 274 valence electrons. The molecule has 0 bridgehead atoms. The summed E-state index contributed by atoms with van der Waals surface area (Å²) >= 11 is 0. The van der Waals surface area contributed by atoms with Crippen LogP contribution in [0.3, 0.4) is 0 Å². The van der Waals surface area contributed by atoms with E-state index in [-0.39, 0.29) is 16.6 Å². The zero-order chi connectivity index (χ0) is 39.0. The van der Waals surface area contributed by atoms with Crippen molar-refractivity contribution < 1.29 is 9.47 Å². The highest BCUT2D eigenvalue weighted by molar-refractivity contribution is 6.17. The van der Waals surface area contributed by atoms with Crippen LogP contribution in [-0.2, 0) is 5.41 Å². The molecule has 0 atom stereocenters. The third-order valence-electron chi connectivity index (χ3n) is 11.2. The van der Waals surface area contributed by atoms with E-state index in [1.165, 1.54) is 16.5 Å². The summed E-state index contributed by atoms with van der Waals surface area (Å²) in [6, 6.07) is 44.4. The van der Waals surface area contributed by atoms with Crippen LogP contribution in [0.25, 0.3) is 49.7 Å². The molecule has 0 radical (unpaired) electrons. The second-order valence-electron chi connectivity index (χ2n) is 15.0. The molecule has 6 aromatic rings. The van der Waals surface area contributed by atoms with Gasteiger partial charge in [0.05, 0.1) is 30.2 Å². The number of nitriles is 3. The largest absolute Gasteiger partial charge is 0.494 e. The fraction of sp³-hybridized carbons (Fsp3) is 0.220. The molecule has 0 amide bonds. The Morgan fingerprint density at radius 3 is 1.95 bits per heavy atom. The number of rotatable bonds is 11. The van der Waals surface area contributed by atoms with Gasteiger partial charge in [-0.1, -0.05) is 89.1 Å². The van der Waals surface area contributed by atoms with Gasteiger partial charge >= 0.3 is 0 Å². The highest BCUT2D eigenvalue weighted by Gasteiger charge is 2.36. The van der Waals surface area contributed by atoms with Gasteiger partial charge in [-0.2, -0.15) is 15.8 Å². The first-order chi connectivity index (χ1) is 27.3. The number of anilines is 3. The fourth-order valence-corrected chi connectivity index (χ4v) is 8.30. The second kappa shape index (κ2) is 14.8. The topological polar surface area (TPSA) is 93.1 Å². The smallest absolute Gasteiger partial charge is 0.148 e. The number of ether oxygens (including phenoxy) is 2. The minimum Gasteiger partial charge on any atom is -0.494 e. The lowest BCUT2D eigenvalue weighted by molar-refractivity contribution is 0.309. The molecule has 6 aromatic carbocycles. The van der Waals surface area contributed by atoms with Gasteiger partial charge < -0.3 is 14.4 Å². The Hall–Kier alpha value is -6.81. The molecule has 6 heteroatoms. The number of nitrogens with zero attached hydrogens (tertiary/aromatic N) is 4. The standard InChI is InChI=1S/C50H42N4O2/c1-5-7-24-55-36-16-14-35(15-17-36)54-47-22-18-37(56-25-8-6-2)28-43(47)42-11-9-10-41-38(21-23-48(54)49(41)42)32-12-19-39-40-20-13-33(44(31-53)34(29-51)30-52)27-46(40)50(3,4)45(39)26-32/h9-23,26-28H,5-8,24-25H2,1-4H3. The van der Waals surface area contributed by atoms with Crippen molar-refractivity contribution in [2.45, 2.75) is 58.8 Å². The predicted molar refractivity (Wildman–Crippen MR) is 225 cm³/mol. The molecule has 0 fully saturated rings. The third-order valence-corrected chi connectivity index (χ3v) is 11.2. The lowest BCUT2D eigenvalue weighted by Gasteiger charge is -2.34. The number of allylic oxidation sites excluding steroid dienone is 2. The van der Waals surface area contributed by atoms with Crippen LogP contribution in [0.15, 0.2) is 115 Å². The minimum atomic E-state index is -0.390. The summed E-state index contributed by atoms with van der Waals surface area (Å²) in [5, 5.41) is 31.3. The molecule has 56 heavy (non-hydrogen) atoms. The summed E-state index contributed by atoms with van der Waals surface area (Å²) in [5.74, 6) is 1.74. The average molecular weight is 731 g/mol. The molecule has 0 N–H and O–H groups in total. The Kier molecular flexibility index (Phi) is 9.55. The van der Waals surface area contributed by atoms with Crippen LogP contribution in [0, 0.1) is 34.0 Å². The second-order valence-corrected chi connectivity index (χ2v) is 15.0. The summed E-state index contributed by atoms with van der Waals surface area (Å²) in [5.41, 5.74) is 12.4. The Morgan fingerprint density at radius 2 is 1.25 bits per heavy atom. The average Bonchev–Trinajstić information content (AvgIpc) is 3.45. The molecule has 0 unspecified atom stereocenters. The van der Waals surface area contributed by atoms with Crippen LogP contribution in [-0.4, -0.2) is 13.2 Å². The van der Waals surface area contributed by atoms with Crippen molar-refractivity contribution in [1.82, 2.24) is 0 Å². The van der Waals surface area contributed by atoms with Crippen molar-refractivity contribution in [2.24, 2.45) is 0 Å². The van der Waals surface area contributed by atoms with Crippen molar-refractivity contribution in [1.29, 1.82) is 15.8 Å². The maximum atomic E-state index is 9.89. The molecular formula is C50H42N4O2. The molecule has 0 aromatic heterocycles. The minimum absolute atomic E-state index is 0.0977. The monoisotopic (exact) mass is 730 g/mol. The third kappa shape index (κ3) is 6.03. The summed E-state index contributed by atoms with van der Waals surface area (Å²) in [6.45, 7) is 10.1. The van der Waals surface area contributed by atoms with Crippen LogP contribution in [0.4, 0.5) is 17.1 Å². The van der Waals surface area contributed by atoms with E-state index in [4.69, 9.17) is 9.47 Å². The summed E-state index contributed by atoms with van der Waals surface area (Å²) in [6.07, 6.45) is 4.19. The van der Waals surface area contributed by atoms with Crippen molar-refractivity contribution in [3.8, 4) is 63.1 Å². The van der Waals surface area contributed by atoms with Gasteiger partial charge in [0.25, 0.3) is 0 Å². The van der Waals surface area contributed by atoms with E-state index in [1.54, 1.807) is 0 Å². The first-order valence-corrected chi connectivity index (χ1v) is 19.4. The number of benzene rings is 6. The summed E-state index contributed by atoms with van der Waals surface area (Å²) in [4.78, 5) is 2.36. The van der Waals surface area contributed by atoms with Gasteiger partial charge in [0.1, 0.15) is 35.3 Å². The zero-order valence-electron chi connectivity index (χ0n) is 32.2. The van der Waals surface area contributed by atoms with E-state index in [9.17, 15) is 15.8 Å². The van der Waals surface area contributed by atoms with Gasteiger partial charge in [0.2, 0.25) is 0 Å². The summed E-state index contributed by atoms with van der Waals surface area (Å²) < 4.78 is 12.3. The highest BCUT2D eigenvalue weighted by atomic mass is 16.5. The molecule has 1 aliphatic carbocycles. The van der Waals surface area contributed by atoms with Gasteiger partial charge in [0, 0.05) is 22.1 Å². The fourth-order valence-electron chi connectivity index (χ4n) is 8.30. The Bertz CT molecular complexity index is 2670. The van der Waals surface area contributed by atoms with Gasteiger partial charge in [-0.25, -0.2) is 0 Å². The Balaban J connectivity index is 1.25.